The maximum Gasteiger partial charge on any atom is 0.248 e. The van der Waals surface area contributed by atoms with Crippen molar-refractivity contribution in [3.8, 4) is 0 Å². The second-order valence-corrected chi connectivity index (χ2v) is 6.52. The summed E-state index contributed by atoms with van der Waals surface area (Å²) in [6, 6.07) is 5.88. The lowest BCUT2D eigenvalue weighted by Gasteiger charge is -2.10. The Kier molecular flexibility index (Phi) is 3.32. The highest BCUT2D eigenvalue weighted by molar-refractivity contribution is 5.77. The van der Waals surface area contributed by atoms with E-state index in [4.69, 9.17) is 8.94 Å². The lowest BCUT2D eigenvalue weighted by Crippen LogP contribution is -2.07. The predicted molar refractivity (Wildman–Crippen MR) is 86.4 cm³/mol. The molecule has 23 heavy (non-hydrogen) atoms. The van der Waals surface area contributed by atoms with Gasteiger partial charge in [-0.05, 0) is 38.0 Å². The van der Waals surface area contributed by atoms with Gasteiger partial charge in [0.2, 0.25) is 5.89 Å². The van der Waals surface area contributed by atoms with Crippen LogP contribution in [-0.2, 0) is 0 Å². The number of nitrogens with one attached hydrogen (secondary N) is 1. The number of benzene rings is 1. The summed E-state index contributed by atoms with van der Waals surface area (Å²) in [6.45, 7) is 6.09. The van der Waals surface area contributed by atoms with Gasteiger partial charge < -0.3 is 14.3 Å². The van der Waals surface area contributed by atoms with Gasteiger partial charge in [0.15, 0.2) is 17.3 Å². The molecule has 1 atom stereocenters. The molecular formula is C17H20N4O2. The Hall–Kier alpha value is -2.37. The van der Waals surface area contributed by atoms with E-state index in [1.165, 1.54) is 12.8 Å². The van der Waals surface area contributed by atoms with E-state index >= 15 is 0 Å². The van der Waals surface area contributed by atoms with Crippen molar-refractivity contribution < 1.29 is 8.94 Å². The first-order chi connectivity index (χ1) is 11.1. The van der Waals surface area contributed by atoms with Crippen LogP contribution in [0.1, 0.15) is 69.1 Å². The van der Waals surface area contributed by atoms with Crippen molar-refractivity contribution in [2.75, 3.05) is 5.32 Å². The number of hydrogen-bond donors (Lipinski definition) is 1. The SMILES string of the molecule is CC(C)c1noc(C(C)Nc2ccc3oc(C4CC4)nc3c2)n1. The highest BCUT2D eigenvalue weighted by atomic mass is 16.5. The summed E-state index contributed by atoms with van der Waals surface area (Å²) in [5.74, 6) is 2.96. The topological polar surface area (TPSA) is 77.0 Å². The molecule has 1 unspecified atom stereocenters. The first-order valence-electron chi connectivity index (χ1n) is 8.10. The summed E-state index contributed by atoms with van der Waals surface area (Å²) in [6.07, 6.45) is 2.37. The summed E-state index contributed by atoms with van der Waals surface area (Å²) >= 11 is 0. The van der Waals surface area contributed by atoms with Crippen LogP contribution >= 0.6 is 0 Å². The third-order valence-corrected chi connectivity index (χ3v) is 4.06. The second kappa shape index (κ2) is 5.37. The average molecular weight is 312 g/mol. The third kappa shape index (κ3) is 2.81. The van der Waals surface area contributed by atoms with Crippen LogP contribution < -0.4 is 5.32 Å². The van der Waals surface area contributed by atoms with Gasteiger partial charge in [-0.15, -0.1) is 0 Å². The molecule has 6 nitrogen and oxygen atoms in total. The smallest absolute Gasteiger partial charge is 0.248 e. The van der Waals surface area contributed by atoms with Gasteiger partial charge in [0.25, 0.3) is 0 Å². The zero-order chi connectivity index (χ0) is 16.0. The van der Waals surface area contributed by atoms with E-state index in [1.807, 2.05) is 39.0 Å². The Morgan fingerprint density at radius 1 is 1.17 bits per heavy atom. The summed E-state index contributed by atoms with van der Waals surface area (Å²) in [5, 5.41) is 7.38. The number of anilines is 1. The van der Waals surface area contributed by atoms with Gasteiger partial charge in [-0.1, -0.05) is 19.0 Å². The Morgan fingerprint density at radius 3 is 2.70 bits per heavy atom. The molecule has 1 aliphatic carbocycles. The highest BCUT2D eigenvalue weighted by Crippen LogP contribution is 2.40. The molecule has 1 aromatic carbocycles. The van der Waals surface area contributed by atoms with E-state index in [-0.39, 0.29) is 12.0 Å². The van der Waals surface area contributed by atoms with Crippen LogP contribution in [0.5, 0.6) is 0 Å². The van der Waals surface area contributed by atoms with Gasteiger partial charge in [0.05, 0.1) is 0 Å². The Balaban J connectivity index is 1.53. The number of aromatic nitrogens is 3. The monoisotopic (exact) mass is 312 g/mol. The van der Waals surface area contributed by atoms with Crippen molar-refractivity contribution in [2.24, 2.45) is 0 Å². The van der Waals surface area contributed by atoms with Crippen LogP contribution in [0.2, 0.25) is 0 Å². The third-order valence-electron chi connectivity index (χ3n) is 4.06. The largest absolute Gasteiger partial charge is 0.440 e. The predicted octanol–water partition coefficient (Wildman–Crippen LogP) is 4.38. The van der Waals surface area contributed by atoms with Crippen LogP contribution in [0.3, 0.4) is 0 Å². The van der Waals surface area contributed by atoms with Crippen LogP contribution in [0, 0.1) is 0 Å². The van der Waals surface area contributed by atoms with Gasteiger partial charge >= 0.3 is 0 Å². The van der Waals surface area contributed by atoms with E-state index in [1.54, 1.807) is 0 Å². The molecule has 0 radical (unpaired) electrons. The fraction of sp³-hybridized carbons (Fsp3) is 0.471. The minimum Gasteiger partial charge on any atom is -0.440 e. The molecule has 1 aliphatic rings. The van der Waals surface area contributed by atoms with Crippen molar-refractivity contribution in [1.82, 2.24) is 15.1 Å². The summed E-state index contributed by atoms with van der Waals surface area (Å²) in [5.41, 5.74) is 2.69. The van der Waals surface area contributed by atoms with Crippen LogP contribution in [0.4, 0.5) is 5.69 Å². The first-order valence-corrected chi connectivity index (χ1v) is 8.10. The number of fused-ring (bicyclic) bond motifs is 1. The Morgan fingerprint density at radius 2 is 2.00 bits per heavy atom. The lowest BCUT2D eigenvalue weighted by molar-refractivity contribution is 0.361. The standard InChI is InChI=1S/C17H20N4O2/c1-9(2)15-20-16(23-21-15)10(3)18-12-6-7-14-13(8-12)19-17(22-14)11-4-5-11/h6-11,18H,4-5H2,1-3H3. The zero-order valence-electron chi connectivity index (χ0n) is 13.5. The lowest BCUT2D eigenvalue weighted by atomic mass is 10.2. The normalized spacial score (nSPS) is 16.2. The molecule has 0 amide bonds. The number of rotatable bonds is 5. The number of nitrogens with zero attached hydrogens (tertiary/aromatic N) is 3. The molecule has 1 fully saturated rings. The van der Waals surface area contributed by atoms with Crippen molar-refractivity contribution in [2.45, 2.75) is 51.5 Å². The number of oxazole rings is 1. The van der Waals surface area contributed by atoms with E-state index in [9.17, 15) is 0 Å². The van der Waals surface area contributed by atoms with Gasteiger partial charge in [-0.3, -0.25) is 0 Å². The summed E-state index contributed by atoms with van der Waals surface area (Å²) in [4.78, 5) is 9.01. The molecule has 4 rings (SSSR count). The zero-order valence-corrected chi connectivity index (χ0v) is 13.5. The van der Waals surface area contributed by atoms with E-state index in [2.05, 4.69) is 20.4 Å². The van der Waals surface area contributed by atoms with Crippen LogP contribution in [0.15, 0.2) is 27.1 Å². The molecule has 6 heteroatoms. The van der Waals surface area contributed by atoms with Crippen LogP contribution in [0.25, 0.3) is 11.1 Å². The average Bonchev–Trinajstić information content (AvgIpc) is 3.10. The quantitative estimate of drug-likeness (QED) is 0.753. The highest BCUT2D eigenvalue weighted by Gasteiger charge is 2.29. The molecule has 1 saturated carbocycles. The van der Waals surface area contributed by atoms with Crippen molar-refractivity contribution in [1.29, 1.82) is 0 Å². The fourth-order valence-electron chi connectivity index (χ4n) is 2.51. The molecular weight excluding hydrogens is 292 g/mol. The molecule has 3 aromatic rings. The molecule has 2 heterocycles. The van der Waals surface area contributed by atoms with Crippen molar-refractivity contribution in [3.05, 3.63) is 35.8 Å². The van der Waals surface area contributed by atoms with Crippen molar-refractivity contribution in [3.63, 3.8) is 0 Å². The summed E-state index contributed by atoms with van der Waals surface area (Å²) in [7, 11) is 0. The van der Waals surface area contributed by atoms with Gasteiger partial charge in [-0.25, -0.2) is 4.98 Å². The molecule has 0 bridgehead atoms. The van der Waals surface area contributed by atoms with Gasteiger partial charge in [0.1, 0.15) is 11.6 Å². The Labute approximate surface area is 134 Å². The maximum absolute atomic E-state index is 5.79. The molecule has 0 aliphatic heterocycles. The Bertz CT molecular complexity index is 832. The summed E-state index contributed by atoms with van der Waals surface area (Å²) < 4.78 is 11.1. The van der Waals surface area contributed by atoms with Gasteiger partial charge in [-0.2, -0.15) is 4.98 Å². The minimum atomic E-state index is -0.0674. The fourth-order valence-corrected chi connectivity index (χ4v) is 2.51. The molecule has 120 valence electrons. The molecule has 1 N–H and O–H groups in total. The minimum absolute atomic E-state index is 0.0674. The van der Waals surface area contributed by atoms with Crippen LogP contribution in [-0.4, -0.2) is 15.1 Å². The maximum atomic E-state index is 5.79. The van der Waals surface area contributed by atoms with E-state index in [0.29, 0.717) is 11.8 Å². The first kappa shape index (κ1) is 14.2. The van der Waals surface area contributed by atoms with E-state index in [0.717, 1.165) is 28.5 Å². The molecule has 0 spiro atoms. The van der Waals surface area contributed by atoms with E-state index < -0.39 is 0 Å². The number of hydrogen-bond acceptors (Lipinski definition) is 6. The second-order valence-electron chi connectivity index (χ2n) is 6.52. The van der Waals surface area contributed by atoms with Gasteiger partial charge in [0, 0.05) is 17.5 Å². The van der Waals surface area contributed by atoms with Crippen molar-refractivity contribution >= 4 is 16.8 Å². The molecule has 0 saturated heterocycles. The molecule has 2 aromatic heterocycles.